The van der Waals surface area contributed by atoms with E-state index in [2.05, 4.69) is 20.6 Å². The Bertz CT molecular complexity index is 346. The number of aromatic nitrogens is 2. The smallest absolute Gasteiger partial charge is 0.226 e. The fourth-order valence-electron chi connectivity index (χ4n) is 1.43. The lowest BCUT2D eigenvalue weighted by Crippen LogP contribution is -2.51. The van der Waals surface area contributed by atoms with Crippen molar-refractivity contribution in [1.29, 1.82) is 0 Å². The molecule has 2 heterocycles. The molecule has 5 heteroatoms. The molecule has 0 aliphatic carbocycles. The van der Waals surface area contributed by atoms with Gasteiger partial charge in [0.05, 0.1) is 6.04 Å². The Morgan fingerprint density at radius 2 is 2.13 bits per heavy atom. The number of nitrogens with one attached hydrogen (secondary N) is 2. The SMILES string of the molecule is Cc1cc(NC2CNC2)nc(N(C)C)n1. The Morgan fingerprint density at radius 3 is 2.67 bits per heavy atom. The molecule has 1 aliphatic rings. The molecule has 82 valence electrons. The van der Waals surface area contributed by atoms with E-state index in [-0.39, 0.29) is 0 Å². The predicted molar refractivity (Wildman–Crippen MR) is 61.4 cm³/mol. The molecule has 1 aromatic rings. The van der Waals surface area contributed by atoms with E-state index in [1.165, 1.54) is 0 Å². The van der Waals surface area contributed by atoms with Crippen LogP contribution in [0.3, 0.4) is 0 Å². The van der Waals surface area contributed by atoms with Crippen molar-refractivity contribution in [1.82, 2.24) is 15.3 Å². The number of hydrogen-bond donors (Lipinski definition) is 2. The highest BCUT2D eigenvalue weighted by atomic mass is 15.2. The van der Waals surface area contributed by atoms with Crippen LogP contribution >= 0.6 is 0 Å². The summed E-state index contributed by atoms with van der Waals surface area (Å²) in [4.78, 5) is 10.7. The maximum absolute atomic E-state index is 4.43. The Kier molecular flexibility index (Phi) is 2.73. The molecular formula is C10H17N5. The average Bonchev–Trinajstić information content (AvgIpc) is 2.10. The molecular weight excluding hydrogens is 190 g/mol. The zero-order valence-electron chi connectivity index (χ0n) is 9.41. The summed E-state index contributed by atoms with van der Waals surface area (Å²) in [5, 5.41) is 6.59. The summed E-state index contributed by atoms with van der Waals surface area (Å²) in [6.07, 6.45) is 0. The second-order valence-corrected chi connectivity index (χ2v) is 4.09. The van der Waals surface area contributed by atoms with Crippen molar-refractivity contribution in [3.8, 4) is 0 Å². The van der Waals surface area contributed by atoms with E-state index in [9.17, 15) is 0 Å². The lowest BCUT2D eigenvalue weighted by atomic mass is 10.2. The molecule has 0 amide bonds. The second kappa shape index (κ2) is 4.02. The first-order chi connectivity index (χ1) is 7.15. The molecule has 1 aromatic heterocycles. The normalized spacial score (nSPS) is 15.9. The first-order valence-corrected chi connectivity index (χ1v) is 5.15. The van der Waals surface area contributed by atoms with Crippen molar-refractivity contribution in [3.63, 3.8) is 0 Å². The van der Waals surface area contributed by atoms with Crippen LogP contribution in [0.4, 0.5) is 11.8 Å². The van der Waals surface area contributed by atoms with E-state index in [0.29, 0.717) is 6.04 Å². The van der Waals surface area contributed by atoms with Gasteiger partial charge in [0.2, 0.25) is 5.95 Å². The van der Waals surface area contributed by atoms with Gasteiger partial charge >= 0.3 is 0 Å². The van der Waals surface area contributed by atoms with Crippen LogP contribution in [0.2, 0.25) is 0 Å². The summed E-state index contributed by atoms with van der Waals surface area (Å²) in [6.45, 7) is 4.01. The zero-order valence-corrected chi connectivity index (χ0v) is 9.41. The van der Waals surface area contributed by atoms with Crippen LogP contribution in [-0.2, 0) is 0 Å². The second-order valence-electron chi connectivity index (χ2n) is 4.09. The maximum atomic E-state index is 4.43. The van der Waals surface area contributed by atoms with Crippen LogP contribution in [0.5, 0.6) is 0 Å². The lowest BCUT2D eigenvalue weighted by molar-refractivity contribution is 0.471. The van der Waals surface area contributed by atoms with Gasteiger partial charge in [-0.2, -0.15) is 4.98 Å². The van der Waals surface area contributed by atoms with Gasteiger partial charge in [-0.25, -0.2) is 4.98 Å². The maximum Gasteiger partial charge on any atom is 0.226 e. The minimum absolute atomic E-state index is 0.509. The van der Waals surface area contributed by atoms with Crippen molar-refractivity contribution in [3.05, 3.63) is 11.8 Å². The quantitative estimate of drug-likeness (QED) is 0.743. The van der Waals surface area contributed by atoms with Gasteiger partial charge < -0.3 is 15.5 Å². The van der Waals surface area contributed by atoms with Crippen LogP contribution in [0.1, 0.15) is 5.69 Å². The largest absolute Gasteiger partial charge is 0.365 e. The van der Waals surface area contributed by atoms with Crippen molar-refractivity contribution >= 4 is 11.8 Å². The Labute approximate surface area is 89.9 Å². The lowest BCUT2D eigenvalue weighted by Gasteiger charge is -2.28. The van der Waals surface area contributed by atoms with Gasteiger partial charge in [0.25, 0.3) is 0 Å². The van der Waals surface area contributed by atoms with E-state index in [4.69, 9.17) is 0 Å². The number of hydrogen-bond acceptors (Lipinski definition) is 5. The summed E-state index contributed by atoms with van der Waals surface area (Å²) in [5.74, 6) is 1.67. The van der Waals surface area contributed by atoms with Gasteiger partial charge in [-0.1, -0.05) is 0 Å². The molecule has 0 aromatic carbocycles. The van der Waals surface area contributed by atoms with E-state index in [0.717, 1.165) is 30.5 Å². The average molecular weight is 207 g/mol. The molecule has 0 atom stereocenters. The molecule has 1 saturated heterocycles. The van der Waals surface area contributed by atoms with E-state index in [1.807, 2.05) is 32.0 Å². The first-order valence-electron chi connectivity index (χ1n) is 5.15. The molecule has 0 spiro atoms. The molecule has 0 unspecified atom stereocenters. The van der Waals surface area contributed by atoms with E-state index in [1.54, 1.807) is 0 Å². The van der Waals surface area contributed by atoms with Crippen molar-refractivity contribution in [2.45, 2.75) is 13.0 Å². The molecule has 1 fully saturated rings. The van der Waals surface area contributed by atoms with Gasteiger partial charge in [-0.15, -0.1) is 0 Å². The van der Waals surface area contributed by atoms with Crippen LogP contribution < -0.4 is 15.5 Å². The van der Waals surface area contributed by atoms with Crippen molar-refractivity contribution in [2.24, 2.45) is 0 Å². The summed E-state index contributed by atoms with van der Waals surface area (Å²) >= 11 is 0. The monoisotopic (exact) mass is 207 g/mol. The predicted octanol–water partition coefficient (Wildman–Crippen LogP) is 0.235. The molecule has 5 nitrogen and oxygen atoms in total. The van der Waals surface area contributed by atoms with Gasteiger partial charge in [0, 0.05) is 38.9 Å². The Hall–Kier alpha value is -1.36. The molecule has 1 aliphatic heterocycles. The topological polar surface area (TPSA) is 53.1 Å². The summed E-state index contributed by atoms with van der Waals surface area (Å²) in [7, 11) is 3.90. The van der Waals surface area contributed by atoms with Gasteiger partial charge in [-0.3, -0.25) is 0 Å². The zero-order chi connectivity index (χ0) is 10.8. The molecule has 0 radical (unpaired) electrons. The summed E-state index contributed by atoms with van der Waals surface area (Å²) in [5.41, 5.74) is 0.989. The molecule has 0 saturated carbocycles. The molecule has 15 heavy (non-hydrogen) atoms. The minimum Gasteiger partial charge on any atom is -0.365 e. The third kappa shape index (κ3) is 2.36. The van der Waals surface area contributed by atoms with Gasteiger partial charge in [-0.05, 0) is 6.92 Å². The van der Waals surface area contributed by atoms with E-state index < -0.39 is 0 Å². The van der Waals surface area contributed by atoms with Crippen LogP contribution in [0.15, 0.2) is 6.07 Å². The first kappa shape index (κ1) is 10.2. The molecule has 2 rings (SSSR count). The van der Waals surface area contributed by atoms with Gasteiger partial charge in [0.1, 0.15) is 5.82 Å². The van der Waals surface area contributed by atoms with Crippen LogP contribution in [-0.4, -0.2) is 43.2 Å². The standard InChI is InChI=1S/C10H17N5/c1-7-4-9(13-8-5-11-6-8)14-10(12-7)15(2)3/h4,8,11H,5-6H2,1-3H3,(H,12,13,14). The highest BCUT2D eigenvalue weighted by molar-refractivity contribution is 5.44. The highest BCUT2D eigenvalue weighted by Gasteiger charge is 2.17. The third-order valence-corrected chi connectivity index (χ3v) is 2.38. The third-order valence-electron chi connectivity index (χ3n) is 2.38. The number of aryl methyl sites for hydroxylation is 1. The summed E-state index contributed by atoms with van der Waals surface area (Å²) in [6, 6.07) is 2.49. The Morgan fingerprint density at radius 1 is 1.40 bits per heavy atom. The number of nitrogens with zero attached hydrogens (tertiary/aromatic N) is 3. The summed E-state index contributed by atoms with van der Waals surface area (Å²) < 4.78 is 0. The van der Waals surface area contributed by atoms with Crippen molar-refractivity contribution < 1.29 is 0 Å². The fraction of sp³-hybridized carbons (Fsp3) is 0.600. The molecule has 0 bridgehead atoms. The minimum atomic E-state index is 0.509. The van der Waals surface area contributed by atoms with E-state index >= 15 is 0 Å². The fourth-order valence-corrected chi connectivity index (χ4v) is 1.43. The van der Waals surface area contributed by atoms with Crippen molar-refractivity contribution in [2.75, 3.05) is 37.4 Å². The number of anilines is 2. The Balaban J connectivity index is 2.15. The number of rotatable bonds is 3. The highest BCUT2D eigenvalue weighted by Crippen LogP contribution is 2.13. The van der Waals surface area contributed by atoms with Gasteiger partial charge in [0.15, 0.2) is 0 Å². The molecule has 2 N–H and O–H groups in total. The van der Waals surface area contributed by atoms with Crippen LogP contribution in [0.25, 0.3) is 0 Å². The van der Waals surface area contributed by atoms with Crippen LogP contribution in [0, 0.1) is 6.92 Å².